The van der Waals surface area contributed by atoms with Gasteiger partial charge < -0.3 is 18.9 Å². The molecule has 168 valence electrons. The minimum atomic E-state index is -0.596. The van der Waals surface area contributed by atoms with E-state index in [0.29, 0.717) is 40.0 Å². The molecule has 0 aliphatic rings. The summed E-state index contributed by atoms with van der Waals surface area (Å²) in [5, 5.41) is 10.1. The van der Waals surface area contributed by atoms with E-state index in [1.807, 2.05) is 13.0 Å². The predicted octanol–water partition coefficient (Wildman–Crippen LogP) is 5.80. The number of nitrogens with zero attached hydrogens (tertiary/aromatic N) is 1. The van der Waals surface area contributed by atoms with Gasteiger partial charge in [-0.15, -0.1) is 0 Å². The normalized spacial score (nSPS) is 10.8. The fourth-order valence-electron chi connectivity index (χ4n) is 2.97. The Kier molecular flexibility index (Phi) is 8.34. The van der Waals surface area contributed by atoms with Gasteiger partial charge in [0, 0.05) is 5.02 Å². The minimum Gasteiger partial charge on any atom is -0.493 e. The summed E-state index contributed by atoms with van der Waals surface area (Å²) in [7, 11) is 1.47. The third-order valence-electron chi connectivity index (χ3n) is 4.49. The molecule has 0 atom stereocenters. The number of esters is 1. The minimum absolute atomic E-state index is 0.242. The standard InChI is InChI=1S/C26H22ClNO5/c1-3-31-22-6-4-5-7-23(22)32-17-26(29)33-24-13-8-18(15-25(24)30-2)14-20(16-28)19-9-11-21(27)12-10-19/h4-15H,3,17H2,1-2H3/b20-14+. The number of para-hydroxylation sites is 2. The Hall–Kier alpha value is -3.95. The van der Waals surface area contributed by atoms with Crippen LogP contribution in [0, 0.1) is 11.3 Å². The summed E-state index contributed by atoms with van der Waals surface area (Å²) in [6, 6.07) is 21.3. The fourth-order valence-corrected chi connectivity index (χ4v) is 3.09. The number of carbonyl (C=O) groups excluding carboxylic acids is 1. The van der Waals surface area contributed by atoms with Crippen molar-refractivity contribution in [2.75, 3.05) is 20.3 Å². The van der Waals surface area contributed by atoms with E-state index in [4.69, 9.17) is 30.5 Å². The lowest BCUT2D eigenvalue weighted by molar-refractivity contribution is -0.136. The van der Waals surface area contributed by atoms with Gasteiger partial charge in [-0.05, 0) is 60.5 Å². The van der Waals surface area contributed by atoms with E-state index < -0.39 is 5.97 Å². The maximum atomic E-state index is 12.3. The van der Waals surface area contributed by atoms with Crippen molar-refractivity contribution in [1.82, 2.24) is 0 Å². The van der Waals surface area contributed by atoms with E-state index in [1.165, 1.54) is 7.11 Å². The van der Waals surface area contributed by atoms with Crippen molar-refractivity contribution >= 4 is 29.2 Å². The molecule has 0 heterocycles. The molecule has 33 heavy (non-hydrogen) atoms. The molecular weight excluding hydrogens is 442 g/mol. The third-order valence-corrected chi connectivity index (χ3v) is 4.74. The smallest absolute Gasteiger partial charge is 0.349 e. The molecule has 0 saturated heterocycles. The van der Waals surface area contributed by atoms with Crippen LogP contribution < -0.4 is 18.9 Å². The summed E-state index contributed by atoms with van der Waals surface area (Å²) in [4.78, 5) is 12.3. The Morgan fingerprint density at radius 3 is 2.30 bits per heavy atom. The van der Waals surface area contributed by atoms with Gasteiger partial charge in [-0.1, -0.05) is 41.9 Å². The van der Waals surface area contributed by atoms with Crippen molar-refractivity contribution in [2.24, 2.45) is 0 Å². The first kappa shape index (κ1) is 23.7. The van der Waals surface area contributed by atoms with Crippen LogP contribution in [0.5, 0.6) is 23.0 Å². The second kappa shape index (κ2) is 11.6. The van der Waals surface area contributed by atoms with Crippen LogP contribution in [0.3, 0.4) is 0 Å². The molecule has 3 rings (SSSR count). The highest BCUT2D eigenvalue weighted by Crippen LogP contribution is 2.31. The number of rotatable bonds is 9. The second-order valence-electron chi connectivity index (χ2n) is 6.73. The van der Waals surface area contributed by atoms with Crippen LogP contribution in [0.25, 0.3) is 11.6 Å². The molecule has 0 amide bonds. The first-order chi connectivity index (χ1) is 16.0. The Morgan fingerprint density at radius 2 is 1.67 bits per heavy atom. The van der Waals surface area contributed by atoms with E-state index >= 15 is 0 Å². The summed E-state index contributed by atoms with van der Waals surface area (Å²) in [6.07, 6.45) is 1.71. The molecule has 0 bridgehead atoms. The van der Waals surface area contributed by atoms with Crippen molar-refractivity contribution in [3.05, 3.63) is 82.9 Å². The molecule has 7 heteroatoms. The van der Waals surface area contributed by atoms with Gasteiger partial charge in [-0.25, -0.2) is 4.79 Å². The zero-order chi connectivity index (χ0) is 23.6. The lowest BCUT2D eigenvalue weighted by Gasteiger charge is -2.12. The summed E-state index contributed by atoms with van der Waals surface area (Å²) < 4.78 is 21.8. The molecule has 0 aromatic heterocycles. The first-order valence-corrected chi connectivity index (χ1v) is 10.5. The van der Waals surface area contributed by atoms with Crippen molar-refractivity contribution in [2.45, 2.75) is 6.92 Å². The van der Waals surface area contributed by atoms with Crippen LogP contribution in [0.4, 0.5) is 0 Å². The lowest BCUT2D eigenvalue weighted by atomic mass is 10.0. The monoisotopic (exact) mass is 463 g/mol. The number of halogens is 1. The number of benzene rings is 3. The maximum absolute atomic E-state index is 12.3. The maximum Gasteiger partial charge on any atom is 0.349 e. The fraction of sp³-hybridized carbons (Fsp3) is 0.154. The molecule has 0 radical (unpaired) electrons. The summed E-state index contributed by atoms with van der Waals surface area (Å²) in [5.74, 6) is 0.999. The van der Waals surface area contributed by atoms with Crippen molar-refractivity contribution in [3.63, 3.8) is 0 Å². The largest absolute Gasteiger partial charge is 0.493 e. The molecule has 3 aromatic rings. The first-order valence-electron chi connectivity index (χ1n) is 10.1. The average Bonchev–Trinajstić information content (AvgIpc) is 2.83. The van der Waals surface area contributed by atoms with Gasteiger partial charge in [0.2, 0.25) is 0 Å². The summed E-state index contributed by atoms with van der Waals surface area (Å²) in [5.41, 5.74) is 1.90. The molecule has 0 aliphatic carbocycles. The van der Waals surface area contributed by atoms with Crippen LogP contribution >= 0.6 is 11.6 Å². The zero-order valence-electron chi connectivity index (χ0n) is 18.2. The van der Waals surface area contributed by atoms with Gasteiger partial charge in [0.25, 0.3) is 0 Å². The lowest BCUT2D eigenvalue weighted by Crippen LogP contribution is -2.18. The number of carbonyl (C=O) groups is 1. The van der Waals surface area contributed by atoms with Gasteiger partial charge in [-0.3, -0.25) is 0 Å². The Bertz CT molecular complexity index is 1180. The van der Waals surface area contributed by atoms with Crippen molar-refractivity contribution in [1.29, 1.82) is 5.26 Å². The average molecular weight is 464 g/mol. The SMILES string of the molecule is CCOc1ccccc1OCC(=O)Oc1ccc(/C=C(\C#N)c2ccc(Cl)cc2)cc1OC. The van der Waals surface area contributed by atoms with Crippen LogP contribution in [-0.4, -0.2) is 26.3 Å². The van der Waals surface area contributed by atoms with Gasteiger partial charge in [0.05, 0.1) is 25.4 Å². The number of hydrogen-bond donors (Lipinski definition) is 0. The van der Waals surface area contributed by atoms with E-state index in [2.05, 4.69) is 6.07 Å². The number of nitriles is 1. The molecule has 0 saturated carbocycles. The second-order valence-corrected chi connectivity index (χ2v) is 7.17. The number of ether oxygens (including phenoxy) is 4. The highest BCUT2D eigenvalue weighted by atomic mass is 35.5. The summed E-state index contributed by atoms with van der Waals surface area (Å²) in [6.45, 7) is 2.05. The van der Waals surface area contributed by atoms with Gasteiger partial charge in [-0.2, -0.15) is 5.26 Å². The highest BCUT2D eigenvalue weighted by Gasteiger charge is 2.13. The van der Waals surface area contributed by atoms with E-state index in [1.54, 1.807) is 66.7 Å². The van der Waals surface area contributed by atoms with E-state index in [0.717, 1.165) is 5.56 Å². The van der Waals surface area contributed by atoms with Gasteiger partial charge >= 0.3 is 5.97 Å². The summed E-state index contributed by atoms with van der Waals surface area (Å²) >= 11 is 5.92. The Labute approximate surface area is 197 Å². The van der Waals surface area contributed by atoms with E-state index in [9.17, 15) is 10.1 Å². The topological polar surface area (TPSA) is 77.8 Å². The zero-order valence-corrected chi connectivity index (χ0v) is 19.0. The third kappa shape index (κ3) is 6.52. The van der Waals surface area contributed by atoms with Gasteiger partial charge in [0.1, 0.15) is 0 Å². The quantitative estimate of drug-likeness (QED) is 0.173. The Morgan fingerprint density at radius 1 is 0.970 bits per heavy atom. The predicted molar refractivity (Wildman–Crippen MR) is 127 cm³/mol. The van der Waals surface area contributed by atoms with E-state index in [-0.39, 0.29) is 12.4 Å². The molecule has 0 spiro atoms. The highest BCUT2D eigenvalue weighted by molar-refractivity contribution is 6.30. The number of hydrogen-bond acceptors (Lipinski definition) is 6. The number of methoxy groups -OCH3 is 1. The van der Waals surface area contributed by atoms with Gasteiger partial charge in [0.15, 0.2) is 29.6 Å². The molecular formula is C26H22ClNO5. The van der Waals surface area contributed by atoms with Crippen LogP contribution in [0.1, 0.15) is 18.1 Å². The molecule has 0 N–H and O–H groups in total. The van der Waals surface area contributed by atoms with Crippen LogP contribution in [0.15, 0.2) is 66.7 Å². The molecule has 0 fully saturated rings. The number of allylic oxidation sites excluding steroid dienone is 1. The van der Waals surface area contributed by atoms with Crippen molar-refractivity contribution in [3.8, 4) is 29.1 Å². The van der Waals surface area contributed by atoms with Crippen molar-refractivity contribution < 1.29 is 23.7 Å². The van der Waals surface area contributed by atoms with Crippen LogP contribution in [-0.2, 0) is 4.79 Å². The Balaban J connectivity index is 1.71. The molecule has 3 aromatic carbocycles. The molecule has 0 unspecified atom stereocenters. The molecule has 6 nitrogen and oxygen atoms in total. The molecule has 0 aliphatic heterocycles. The van der Waals surface area contributed by atoms with Crippen LogP contribution in [0.2, 0.25) is 5.02 Å².